The average molecular weight is 215 g/mol. The molecule has 0 aliphatic carbocycles. The molecule has 3 nitrogen and oxygen atoms in total. The molecule has 0 unspecified atom stereocenters. The SMILES string of the molecule is CCC(CO)(CO)Cc1nc(C)cs1. The molecular weight excluding hydrogens is 198 g/mol. The minimum absolute atomic E-state index is 0.0125. The standard InChI is InChI=1S/C10H17NO2S/c1-3-10(6-12,7-13)4-9-11-8(2)5-14-9/h5,12-13H,3-4,6-7H2,1-2H3. The summed E-state index contributed by atoms with van der Waals surface area (Å²) < 4.78 is 0. The van der Waals surface area contributed by atoms with Gasteiger partial charge >= 0.3 is 0 Å². The Labute approximate surface area is 88.4 Å². The second-order valence-corrected chi connectivity index (χ2v) is 4.67. The van der Waals surface area contributed by atoms with Gasteiger partial charge in [0, 0.05) is 22.9 Å². The van der Waals surface area contributed by atoms with Crippen molar-refractivity contribution in [2.75, 3.05) is 13.2 Å². The highest BCUT2D eigenvalue weighted by Gasteiger charge is 2.28. The third-order valence-electron chi connectivity index (χ3n) is 2.61. The molecule has 0 saturated heterocycles. The third-order valence-corrected chi connectivity index (χ3v) is 3.58. The van der Waals surface area contributed by atoms with Gasteiger partial charge in [0.15, 0.2) is 0 Å². The summed E-state index contributed by atoms with van der Waals surface area (Å²) in [5, 5.41) is 21.5. The Morgan fingerprint density at radius 3 is 2.43 bits per heavy atom. The van der Waals surface area contributed by atoms with Gasteiger partial charge in [0.1, 0.15) is 0 Å². The van der Waals surface area contributed by atoms with E-state index in [9.17, 15) is 10.2 Å². The maximum Gasteiger partial charge on any atom is 0.0935 e. The predicted octanol–water partition coefficient (Wildman–Crippen LogP) is 1.38. The first-order valence-corrected chi connectivity index (χ1v) is 5.66. The van der Waals surface area contributed by atoms with Gasteiger partial charge in [-0.15, -0.1) is 11.3 Å². The lowest BCUT2D eigenvalue weighted by Gasteiger charge is -2.26. The molecule has 1 heterocycles. The molecule has 1 aromatic rings. The van der Waals surface area contributed by atoms with E-state index in [1.165, 1.54) is 0 Å². The van der Waals surface area contributed by atoms with Crippen LogP contribution in [-0.4, -0.2) is 28.4 Å². The van der Waals surface area contributed by atoms with Crippen LogP contribution in [0.1, 0.15) is 24.0 Å². The van der Waals surface area contributed by atoms with Crippen molar-refractivity contribution in [2.24, 2.45) is 5.41 Å². The smallest absolute Gasteiger partial charge is 0.0935 e. The van der Waals surface area contributed by atoms with E-state index in [1.54, 1.807) is 11.3 Å². The highest BCUT2D eigenvalue weighted by Crippen LogP contribution is 2.27. The minimum Gasteiger partial charge on any atom is -0.396 e. The van der Waals surface area contributed by atoms with Gasteiger partial charge < -0.3 is 10.2 Å². The summed E-state index contributed by atoms with van der Waals surface area (Å²) in [7, 11) is 0. The van der Waals surface area contributed by atoms with Crippen molar-refractivity contribution in [3.8, 4) is 0 Å². The lowest BCUT2D eigenvalue weighted by Crippen LogP contribution is -2.31. The summed E-state index contributed by atoms with van der Waals surface area (Å²) in [6, 6.07) is 0. The van der Waals surface area contributed by atoms with Gasteiger partial charge in [-0.05, 0) is 13.3 Å². The molecule has 1 rings (SSSR count). The number of aromatic nitrogens is 1. The Hall–Kier alpha value is -0.450. The van der Waals surface area contributed by atoms with Crippen LogP contribution in [0.5, 0.6) is 0 Å². The van der Waals surface area contributed by atoms with Gasteiger partial charge in [-0.1, -0.05) is 6.92 Å². The second-order valence-electron chi connectivity index (χ2n) is 3.73. The molecule has 0 bridgehead atoms. The number of aryl methyl sites for hydroxylation is 1. The van der Waals surface area contributed by atoms with E-state index < -0.39 is 5.41 Å². The molecule has 14 heavy (non-hydrogen) atoms. The van der Waals surface area contributed by atoms with Gasteiger partial charge in [0.2, 0.25) is 0 Å². The van der Waals surface area contributed by atoms with Crippen molar-refractivity contribution < 1.29 is 10.2 Å². The number of hydrogen-bond donors (Lipinski definition) is 2. The van der Waals surface area contributed by atoms with Crippen LogP contribution in [-0.2, 0) is 6.42 Å². The zero-order chi connectivity index (χ0) is 10.6. The Morgan fingerprint density at radius 1 is 1.43 bits per heavy atom. The van der Waals surface area contributed by atoms with E-state index in [0.717, 1.165) is 17.1 Å². The van der Waals surface area contributed by atoms with Crippen molar-refractivity contribution in [1.82, 2.24) is 4.98 Å². The summed E-state index contributed by atoms with van der Waals surface area (Å²) in [6.45, 7) is 3.95. The fraction of sp³-hybridized carbons (Fsp3) is 0.700. The summed E-state index contributed by atoms with van der Waals surface area (Å²) in [5.74, 6) is 0. The Morgan fingerprint density at radius 2 is 2.07 bits per heavy atom. The molecule has 1 aromatic heterocycles. The maximum absolute atomic E-state index is 9.26. The predicted molar refractivity (Wildman–Crippen MR) is 57.5 cm³/mol. The molecule has 80 valence electrons. The molecule has 0 aromatic carbocycles. The Kier molecular flexibility index (Phi) is 4.04. The van der Waals surface area contributed by atoms with Crippen LogP contribution in [0.2, 0.25) is 0 Å². The van der Waals surface area contributed by atoms with Crippen LogP contribution in [0.4, 0.5) is 0 Å². The lowest BCUT2D eigenvalue weighted by atomic mass is 9.84. The van der Waals surface area contributed by atoms with E-state index in [2.05, 4.69) is 4.98 Å². The van der Waals surface area contributed by atoms with Crippen molar-refractivity contribution in [1.29, 1.82) is 0 Å². The van der Waals surface area contributed by atoms with Crippen LogP contribution in [0.15, 0.2) is 5.38 Å². The van der Waals surface area contributed by atoms with Crippen LogP contribution in [0.25, 0.3) is 0 Å². The summed E-state index contributed by atoms with van der Waals surface area (Å²) in [6.07, 6.45) is 1.42. The van der Waals surface area contributed by atoms with Gasteiger partial charge in [0.05, 0.1) is 18.2 Å². The largest absolute Gasteiger partial charge is 0.396 e. The maximum atomic E-state index is 9.26. The Balaban J connectivity index is 2.73. The highest BCUT2D eigenvalue weighted by molar-refractivity contribution is 7.09. The number of thiazole rings is 1. The molecule has 4 heteroatoms. The molecule has 0 amide bonds. The van der Waals surface area contributed by atoms with E-state index in [1.807, 2.05) is 19.2 Å². The van der Waals surface area contributed by atoms with Crippen LogP contribution in [0, 0.1) is 12.3 Å². The molecule has 0 aliphatic heterocycles. The fourth-order valence-corrected chi connectivity index (χ4v) is 2.26. The number of nitrogens with zero attached hydrogens (tertiary/aromatic N) is 1. The van der Waals surface area contributed by atoms with Crippen molar-refractivity contribution >= 4 is 11.3 Å². The Bertz CT molecular complexity index is 273. The average Bonchev–Trinajstić information content (AvgIpc) is 2.61. The van der Waals surface area contributed by atoms with Gasteiger partial charge in [-0.25, -0.2) is 4.98 Å². The normalized spacial score (nSPS) is 12.0. The molecule has 0 saturated carbocycles. The molecule has 0 spiro atoms. The summed E-state index contributed by atoms with van der Waals surface area (Å²) in [4.78, 5) is 4.34. The molecule has 0 aliphatic rings. The lowest BCUT2D eigenvalue weighted by molar-refractivity contribution is 0.0513. The monoisotopic (exact) mass is 215 g/mol. The first kappa shape index (κ1) is 11.6. The fourth-order valence-electron chi connectivity index (χ4n) is 1.32. The third kappa shape index (κ3) is 2.53. The molecule has 0 fully saturated rings. The topological polar surface area (TPSA) is 53.4 Å². The summed E-state index contributed by atoms with van der Waals surface area (Å²) >= 11 is 1.59. The van der Waals surface area contributed by atoms with Gasteiger partial charge in [-0.2, -0.15) is 0 Å². The number of aliphatic hydroxyl groups excluding tert-OH is 2. The number of rotatable bonds is 5. The van der Waals surface area contributed by atoms with E-state index in [-0.39, 0.29) is 13.2 Å². The molecule has 2 N–H and O–H groups in total. The van der Waals surface area contributed by atoms with Crippen LogP contribution in [0.3, 0.4) is 0 Å². The van der Waals surface area contributed by atoms with Gasteiger partial charge in [-0.3, -0.25) is 0 Å². The van der Waals surface area contributed by atoms with E-state index in [0.29, 0.717) is 6.42 Å². The van der Waals surface area contributed by atoms with Crippen LogP contribution >= 0.6 is 11.3 Å². The van der Waals surface area contributed by atoms with Crippen molar-refractivity contribution in [3.05, 3.63) is 16.1 Å². The van der Waals surface area contributed by atoms with Crippen molar-refractivity contribution in [3.63, 3.8) is 0 Å². The molecular formula is C10H17NO2S. The quantitative estimate of drug-likeness (QED) is 0.780. The first-order chi connectivity index (χ1) is 6.65. The first-order valence-electron chi connectivity index (χ1n) is 4.78. The van der Waals surface area contributed by atoms with E-state index >= 15 is 0 Å². The second kappa shape index (κ2) is 4.87. The molecule has 0 atom stereocenters. The zero-order valence-electron chi connectivity index (χ0n) is 8.66. The van der Waals surface area contributed by atoms with Crippen molar-refractivity contribution in [2.45, 2.75) is 26.7 Å². The summed E-state index contributed by atoms with van der Waals surface area (Å²) in [5.41, 5.74) is 0.607. The zero-order valence-corrected chi connectivity index (χ0v) is 9.47. The number of aliphatic hydroxyl groups is 2. The van der Waals surface area contributed by atoms with Gasteiger partial charge in [0.25, 0.3) is 0 Å². The van der Waals surface area contributed by atoms with E-state index in [4.69, 9.17) is 0 Å². The van der Waals surface area contributed by atoms with Crippen LogP contribution < -0.4 is 0 Å². The number of hydrogen-bond acceptors (Lipinski definition) is 4. The molecule has 0 radical (unpaired) electrons. The highest BCUT2D eigenvalue weighted by atomic mass is 32.1. The minimum atomic E-state index is -0.399.